The second-order valence-electron chi connectivity index (χ2n) is 4.34. The summed E-state index contributed by atoms with van der Waals surface area (Å²) in [4.78, 5) is 36.5. The average molecular weight is 313 g/mol. The molecule has 2 N–H and O–H groups in total. The highest BCUT2D eigenvalue weighted by molar-refractivity contribution is 5.93. The van der Waals surface area contributed by atoms with E-state index < -0.39 is 5.97 Å². The maximum atomic E-state index is 11.8. The molecular formula is C16H15N3O4. The van der Waals surface area contributed by atoms with Crippen LogP contribution in [0, 0.1) is 6.92 Å². The number of nitrogens with zero attached hydrogens (tertiary/aromatic N) is 2. The zero-order valence-corrected chi connectivity index (χ0v) is 12.7. The number of carbonyl (C=O) groups is 1. The molecule has 0 unspecified atom stereocenters. The summed E-state index contributed by atoms with van der Waals surface area (Å²) in [5.74, 6) is 0.0156. The van der Waals surface area contributed by atoms with Crippen LogP contribution in [0.1, 0.15) is 21.6 Å². The van der Waals surface area contributed by atoms with Crippen LogP contribution in [-0.2, 0) is 14.3 Å². The predicted octanol–water partition coefficient (Wildman–Crippen LogP) is 1.88. The largest absolute Gasteiger partial charge is 0.464 e. The number of nitrogens with two attached hydrogens (primary N) is 1. The molecule has 0 radical (unpaired) electrons. The van der Waals surface area contributed by atoms with Gasteiger partial charge < -0.3 is 10.5 Å². The molecular weight excluding hydrogens is 298 g/mol. The van der Waals surface area contributed by atoms with E-state index in [1.54, 1.807) is 0 Å². The fourth-order valence-corrected chi connectivity index (χ4v) is 1.77. The van der Waals surface area contributed by atoms with Crippen molar-refractivity contribution < 1.29 is 19.1 Å². The van der Waals surface area contributed by atoms with E-state index in [-0.39, 0.29) is 17.7 Å². The Hall–Kier alpha value is -3.31. The van der Waals surface area contributed by atoms with Crippen molar-refractivity contribution in [3.05, 3.63) is 47.7 Å². The summed E-state index contributed by atoms with van der Waals surface area (Å²) in [6.45, 7) is 5.60. The van der Waals surface area contributed by atoms with Crippen LogP contribution < -0.4 is 5.73 Å². The van der Waals surface area contributed by atoms with Gasteiger partial charge in [-0.3, -0.25) is 0 Å². The third-order valence-corrected chi connectivity index (χ3v) is 2.87. The van der Waals surface area contributed by atoms with Crippen LogP contribution in [0.4, 0.5) is 5.82 Å². The molecule has 0 atom stereocenters. The first kappa shape index (κ1) is 17.7. The minimum Gasteiger partial charge on any atom is -0.464 e. The molecule has 0 aliphatic carbocycles. The van der Waals surface area contributed by atoms with Crippen LogP contribution >= 0.6 is 0 Å². The molecule has 1 aromatic heterocycles. The number of aryl methyl sites for hydroxylation is 1. The van der Waals surface area contributed by atoms with Crippen LogP contribution in [-0.4, -0.2) is 29.2 Å². The summed E-state index contributed by atoms with van der Waals surface area (Å²) >= 11 is 0. The van der Waals surface area contributed by atoms with E-state index in [0.717, 1.165) is 11.1 Å². The first-order valence-electron chi connectivity index (χ1n) is 6.43. The fraction of sp³-hybridized carbons (Fsp3) is 0.125. The van der Waals surface area contributed by atoms with Gasteiger partial charge in [0.1, 0.15) is 5.82 Å². The highest BCUT2D eigenvalue weighted by Crippen LogP contribution is 2.22. The van der Waals surface area contributed by atoms with Gasteiger partial charge in [-0.05, 0) is 6.92 Å². The maximum Gasteiger partial charge on any atom is 0.373 e. The van der Waals surface area contributed by atoms with Crippen molar-refractivity contribution in [1.29, 1.82) is 0 Å². The molecule has 0 aliphatic heterocycles. The molecule has 7 heteroatoms. The molecule has 2 aromatic rings. The quantitative estimate of drug-likeness (QED) is 0.861. The maximum absolute atomic E-state index is 11.8. The van der Waals surface area contributed by atoms with E-state index in [1.165, 1.54) is 13.2 Å². The summed E-state index contributed by atoms with van der Waals surface area (Å²) < 4.78 is 4.71. The summed E-state index contributed by atoms with van der Waals surface area (Å²) in [6, 6.07) is 7.62. The minimum absolute atomic E-state index is 0.116. The third kappa shape index (κ3) is 4.33. The van der Waals surface area contributed by atoms with Crippen LogP contribution in [0.5, 0.6) is 0 Å². The summed E-state index contributed by atoms with van der Waals surface area (Å²) in [6.07, 6.45) is 1.69. The highest BCUT2D eigenvalue weighted by Gasteiger charge is 2.18. The molecule has 7 nitrogen and oxygen atoms in total. The van der Waals surface area contributed by atoms with Crippen molar-refractivity contribution in [2.45, 2.75) is 6.92 Å². The number of aromatic nitrogens is 2. The number of anilines is 1. The smallest absolute Gasteiger partial charge is 0.373 e. The molecule has 0 saturated carbocycles. The molecule has 0 amide bonds. The standard InChI is InChI=1S/C15H15N3O2.CO2/c1-4-11-12(15(19)20-3)17-14(18-13(11)16)10-7-5-9(2)6-8-10;2-1-3/h4-8H,1H2,2-3H3,(H2,16,17,18);. The van der Waals surface area contributed by atoms with Gasteiger partial charge in [-0.2, -0.15) is 9.59 Å². The van der Waals surface area contributed by atoms with E-state index in [1.807, 2.05) is 31.2 Å². The van der Waals surface area contributed by atoms with Gasteiger partial charge in [0, 0.05) is 11.1 Å². The molecule has 0 spiro atoms. The number of nitrogen functional groups attached to an aromatic ring is 1. The predicted molar refractivity (Wildman–Crippen MR) is 83.1 cm³/mol. The Morgan fingerprint density at radius 2 is 1.83 bits per heavy atom. The normalized spacial score (nSPS) is 9.13. The Morgan fingerprint density at radius 1 is 1.26 bits per heavy atom. The van der Waals surface area contributed by atoms with Crippen molar-refractivity contribution in [2.24, 2.45) is 0 Å². The van der Waals surface area contributed by atoms with Gasteiger partial charge in [0.25, 0.3) is 0 Å². The molecule has 118 valence electrons. The van der Waals surface area contributed by atoms with E-state index in [9.17, 15) is 4.79 Å². The van der Waals surface area contributed by atoms with Crippen LogP contribution in [0.3, 0.4) is 0 Å². The second-order valence-corrected chi connectivity index (χ2v) is 4.34. The number of carbonyl (C=O) groups excluding carboxylic acids is 3. The minimum atomic E-state index is -0.567. The zero-order valence-electron chi connectivity index (χ0n) is 12.7. The molecule has 1 aromatic carbocycles. The molecule has 0 saturated heterocycles. The Labute approximate surface area is 132 Å². The number of benzene rings is 1. The topological polar surface area (TPSA) is 112 Å². The van der Waals surface area contributed by atoms with Gasteiger partial charge in [0.15, 0.2) is 11.5 Å². The van der Waals surface area contributed by atoms with Gasteiger partial charge in [-0.1, -0.05) is 42.5 Å². The zero-order chi connectivity index (χ0) is 17.4. The van der Waals surface area contributed by atoms with Crippen molar-refractivity contribution in [1.82, 2.24) is 9.97 Å². The lowest BCUT2D eigenvalue weighted by molar-refractivity contribution is -0.191. The summed E-state index contributed by atoms with van der Waals surface area (Å²) in [7, 11) is 1.29. The third-order valence-electron chi connectivity index (χ3n) is 2.87. The number of hydrogen-bond acceptors (Lipinski definition) is 7. The highest BCUT2D eigenvalue weighted by atomic mass is 16.5. The first-order valence-corrected chi connectivity index (χ1v) is 6.43. The Balaban J connectivity index is 0.000000816. The van der Waals surface area contributed by atoms with E-state index in [0.29, 0.717) is 11.4 Å². The Bertz CT molecular complexity index is 749. The monoisotopic (exact) mass is 313 g/mol. The molecule has 0 fully saturated rings. The number of rotatable bonds is 3. The second kappa shape index (κ2) is 8.21. The van der Waals surface area contributed by atoms with Crippen molar-refractivity contribution in [2.75, 3.05) is 12.8 Å². The van der Waals surface area contributed by atoms with Gasteiger partial charge in [0.2, 0.25) is 0 Å². The SMILES string of the molecule is C=Cc1c(N)nc(-c2ccc(C)cc2)nc1C(=O)OC.O=C=O. The Morgan fingerprint density at radius 3 is 2.30 bits per heavy atom. The lowest BCUT2D eigenvalue weighted by atomic mass is 10.1. The number of hydrogen-bond donors (Lipinski definition) is 1. The van der Waals surface area contributed by atoms with Gasteiger partial charge >= 0.3 is 12.1 Å². The van der Waals surface area contributed by atoms with Crippen molar-refractivity contribution >= 4 is 24.0 Å². The van der Waals surface area contributed by atoms with E-state index in [2.05, 4.69) is 16.5 Å². The number of methoxy groups -OCH3 is 1. The first-order chi connectivity index (χ1) is 11.0. The van der Waals surface area contributed by atoms with Gasteiger partial charge in [-0.25, -0.2) is 14.8 Å². The van der Waals surface area contributed by atoms with Crippen LogP contribution in [0.15, 0.2) is 30.8 Å². The lowest BCUT2D eigenvalue weighted by Gasteiger charge is -2.09. The van der Waals surface area contributed by atoms with Crippen molar-refractivity contribution in [3.8, 4) is 11.4 Å². The summed E-state index contributed by atoms with van der Waals surface area (Å²) in [5, 5.41) is 0. The Kier molecular flexibility index (Phi) is 6.33. The van der Waals surface area contributed by atoms with E-state index >= 15 is 0 Å². The number of ether oxygens (including phenoxy) is 1. The number of esters is 1. The van der Waals surface area contributed by atoms with Crippen molar-refractivity contribution in [3.63, 3.8) is 0 Å². The molecule has 0 bridgehead atoms. The summed E-state index contributed by atoms with van der Waals surface area (Å²) in [5.41, 5.74) is 8.26. The van der Waals surface area contributed by atoms with Crippen LogP contribution in [0.2, 0.25) is 0 Å². The molecule has 1 heterocycles. The molecule has 2 rings (SSSR count). The lowest BCUT2D eigenvalue weighted by Crippen LogP contribution is -2.11. The van der Waals surface area contributed by atoms with Gasteiger partial charge in [0.05, 0.1) is 7.11 Å². The molecule has 0 aliphatic rings. The molecule has 23 heavy (non-hydrogen) atoms. The average Bonchev–Trinajstić information content (AvgIpc) is 2.54. The van der Waals surface area contributed by atoms with Gasteiger partial charge in [-0.15, -0.1) is 0 Å². The fourth-order valence-electron chi connectivity index (χ4n) is 1.77. The van der Waals surface area contributed by atoms with E-state index in [4.69, 9.17) is 20.1 Å². The van der Waals surface area contributed by atoms with Crippen LogP contribution in [0.25, 0.3) is 17.5 Å².